The smallest absolute Gasteiger partial charge is 0.319 e. The molecule has 1 aromatic heterocycles. The molecule has 1 aliphatic carbocycles. The average Bonchev–Trinajstić information content (AvgIpc) is 3.48. The average molecular weight is 455 g/mol. The maximum atomic E-state index is 12.6. The predicted octanol–water partition coefficient (Wildman–Crippen LogP) is 4.33. The summed E-state index contributed by atoms with van der Waals surface area (Å²) in [4.78, 5) is 24.6. The van der Waals surface area contributed by atoms with Crippen LogP contribution in [0.4, 0.5) is 10.5 Å². The summed E-state index contributed by atoms with van der Waals surface area (Å²) in [6.45, 7) is 10.5. The zero-order valence-corrected chi connectivity index (χ0v) is 20.4. The summed E-state index contributed by atoms with van der Waals surface area (Å²) in [7, 11) is 0. The van der Waals surface area contributed by atoms with Gasteiger partial charge in [0.05, 0.1) is 16.9 Å². The van der Waals surface area contributed by atoms with Crippen LogP contribution >= 0.6 is 0 Å². The molecule has 8 nitrogen and oxygen atoms in total. The van der Waals surface area contributed by atoms with Crippen LogP contribution in [0.15, 0.2) is 42.6 Å². The molecule has 0 spiro atoms. The molecule has 0 aliphatic heterocycles. The van der Waals surface area contributed by atoms with Gasteiger partial charge in [-0.3, -0.25) is 4.79 Å². The summed E-state index contributed by atoms with van der Waals surface area (Å²) in [6, 6.07) is 7.40. The zero-order chi connectivity index (χ0) is 24.4. The molecule has 3 rings (SSSR count). The number of carbonyl (C=O) groups excluding carboxylic acids is 2. The second kappa shape index (κ2) is 12.8. The summed E-state index contributed by atoms with van der Waals surface area (Å²) < 4.78 is 1.71. The van der Waals surface area contributed by atoms with Crippen molar-refractivity contribution in [1.29, 1.82) is 0 Å². The first kappa shape index (κ1) is 26.1. The van der Waals surface area contributed by atoms with Crippen molar-refractivity contribution in [2.45, 2.75) is 71.9 Å². The topological polar surface area (TPSA) is 114 Å². The SMILES string of the molecule is CC.CC(N)/C=C\CCNC(=O)Nc1ccc(-n2cc(C(=O)NC3CC3)c(C(C)C)n2)cc1. The molecular weight excluding hydrogens is 416 g/mol. The Kier molecular flexibility index (Phi) is 10.1. The highest BCUT2D eigenvalue weighted by molar-refractivity contribution is 5.95. The molecule has 1 saturated carbocycles. The van der Waals surface area contributed by atoms with Gasteiger partial charge in [0.1, 0.15) is 0 Å². The summed E-state index contributed by atoms with van der Waals surface area (Å²) >= 11 is 0. The first-order chi connectivity index (χ1) is 15.8. The molecular formula is C25H38N6O2. The Morgan fingerprint density at radius 2 is 1.85 bits per heavy atom. The minimum atomic E-state index is -0.262. The van der Waals surface area contributed by atoms with E-state index in [9.17, 15) is 9.59 Å². The van der Waals surface area contributed by atoms with Crippen LogP contribution in [0.3, 0.4) is 0 Å². The summed E-state index contributed by atoms with van der Waals surface area (Å²) in [5.74, 6) is 0.0666. The Morgan fingerprint density at radius 3 is 2.42 bits per heavy atom. The second-order valence-corrected chi connectivity index (χ2v) is 8.28. The summed E-state index contributed by atoms with van der Waals surface area (Å²) in [5.41, 5.74) is 8.52. The number of rotatable bonds is 9. The van der Waals surface area contributed by atoms with Gasteiger partial charge >= 0.3 is 6.03 Å². The lowest BCUT2D eigenvalue weighted by molar-refractivity contribution is 0.0949. The van der Waals surface area contributed by atoms with Gasteiger partial charge in [-0.15, -0.1) is 0 Å². The Hall–Kier alpha value is -3.13. The molecule has 33 heavy (non-hydrogen) atoms. The maximum absolute atomic E-state index is 12.6. The fraction of sp³-hybridized carbons (Fsp3) is 0.480. The van der Waals surface area contributed by atoms with E-state index in [0.29, 0.717) is 23.8 Å². The number of hydrogen-bond acceptors (Lipinski definition) is 4. The van der Waals surface area contributed by atoms with Crippen molar-refractivity contribution in [3.05, 3.63) is 53.9 Å². The Balaban J connectivity index is 0.00000187. The highest BCUT2D eigenvalue weighted by Crippen LogP contribution is 2.23. The Labute approximate surface area is 197 Å². The summed E-state index contributed by atoms with van der Waals surface area (Å²) in [6.07, 6.45) is 8.44. The standard InChI is InChI=1S/C23H32N6O2.C2H6/c1-15(2)21-20(22(30)26-17-7-8-17)14-29(28-21)19-11-9-18(10-12-19)27-23(31)25-13-5-4-6-16(3)24;1-2/h4,6,9-12,14-17H,5,7-8,13,24H2,1-3H3,(H,26,30)(H2,25,27,31);1-2H3/b6-4-;. The van der Waals surface area contributed by atoms with Crippen LogP contribution in [-0.4, -0.2) is 40.3 Å². The molecule has 1 aromatic carbocycles. The third-order valence-electron chi connectivity index (χ3n) is 4.87. The van der Waals surface area contributed by atoms with Crippen molar-refractivity contribution in [1.82, 2.24) is 20.4 Å². The van der Waals surface area contributed by atoms with Crippen LogP contribution in [-0.2, 0) is 0 Å². The van der Waals surface area contributed by atoms with Gasteiger partial charge in [0.15, 0.2) is 0 Å². The number of nitrogens with two attached hydrogens (primary N) is 1. The molecule has 1 fully saturated rings. The summed E-state index contributed by atoms with van der Waals surface area (Å²) in [5, 5.41) is 13.3. The fourth-order valence-corrected chi connectivity index (χ4v) is 3.06. The van der Waals surface area contributed by atoms with E-state index in [-0.39, 0.29) is 23.9 Å². The normalized spacial score (nSPS) is 13.9. The Bertz CT molecular complexity index is 927. The highest BCUT2D eigenvalue weighted by atomic mass is 16.2. The van der Waals surface area contributed by atoms with Gasteiger partial charge in [-0.25, -0.2) is 9.48 Å². The molecule has 8 heteroatoms. The monoisotopic (exact) mass is 454 g/mol. The number of amides is 3. The maximum Gasteiger partial charge on any atom is 0.319 e. The van der Waals surface area contributed by atoms with Crippen LogP contribution in [0.25, 0.3) is 5.69 Å². The van der Waals surface area contributed by atoms with Gasteiger partial charge in [-0.2, -0.15) is 5.10 Å². The first-order valence-corrected chi connectivity index (χ1v) is 11.8. The molecule has 180 valence electrons. The molecule has 2 aromatic rings. The molecule has 5 N–H and O–H groups in total. The predicted molar refractivity (Wildman–Crippen MR) is 134 cm³/mol. The van der Waals surface area contributed by atoms with E-state index in [1.807, 2.05) is 71.0 Å². The van der Waals surface area contributed by atoms with Gasteiger partial charge in [0, 0.05) is 30.5 Å². The number of nitrogens with zero attached hydrogens (tertiary/aromatic N) is 2. The van der Waals surface area contributed by atoms with E-state index < -0.39 is 0 Å². The number of benzene rings is 1. The van der Waals surface area contributed by atoms with Crippen molar-refractivity contribution < 1.29 is 9.59 Å². The van der Waals surface area contributed by atoms with Crippen LogP contribution in [0.5, 0.6) is 0 Å². The molecule has 1 heterocycles. The third-order valence-corrected chi connectivity index (χ3v) is 4.87. The zero-order valence-electron chi connectivity index (χ0n) is 20.4. The van der Waals surface area contributed by atoms with Gasteiger partial charge in [0.2, 0.25) is 0 Å². The second-order valence-electron chi connectivity index (χ2n) is 8.28. The van der Waals surface area contributed by atoms with Crippen molar-refractivity contribution in [3.8, 4) is 5.69 Å². The molecule has 0 radical (unpaired) electrons. The minimum Gasteiger partial charge on any atom is -0.349 e. The lowest BCUT2D eigenvalue weighted by atomic mass is 10.1. The van der Waals surface area contributed by atoms with Crippen molar-refractivity contribution in [3.63, 3.8) is 0 Å². The lowest BCUT2D eigenvalue weighted by Gasteiger charge is -2.08. The molecule has 1 unspecified atom stereocenters. The van der Waals surface area contributed by atoms with Crippen LogP contribution in [0, 0.1) is 0 Å². The minimum absolute atomic E-state index is 0.0161. The van der Waals surface area contributed by atoms with E-state index in [1.54, 1.807) is 10.9 Å². The number of anilines is 1. The quantitative estimate of drug-likeness (QED) is 0.333. The molecule has 1 atom stereocenters. The first-order valence-electron chi connectivity index (χ1n) is 11.8. The highest BCUT2D eigenvalue weighted by Gasteiger charge is 2.27. The van der Waals surface area contributed by atoms with Crippen LogP contribution in [0.1, 0.15) is 75.9 Å². The number of aromatic nitrogens is 2. The van der Waals surface area contributed by atoms with E-state index in [4.69, 9.17) is 5.73 Å². The number of carbonyl (C=O) groups is 2. The van der Waals surface area contributed by atoms with Gasteiger partial charge in [0.25, 0.3) is 5.91 Å². The van der Waals surface area contributed by atoms with Crippen molar-refractivity contribution in [2.24, 2.45) is 5.73 Å². The molecule has 0 saturated heterocycles. The Morgan fingerprint density at radius 1 is 1.18 bits per heavy atom. The third kappa shape index (κ3) is 8.38. The fourth-order valence-electron chi connectivity index (χ4n) is 3.06. The molecule has 1 aliphatic rings. The van der Waals surface area contributed by atoms with Gasteiger partial charge in [-0.1, -0.05) is 39.8 Å². The van der Waals surface area contributed by atoms with E-state index in [1.165, 1.54) is 0 Å². The molecule has 0 bridgehead atoms. The van der Waals surface area contributed by atoms with Gasteiger partial charge < -0.3 is 21.7 Å². The largest absolute Gasteiger partial charge is 0.349 e. The van der Waals surface area contributed by atoms with E-state index in [0.717, 1.165) is 30.6 Å². The molecule has 3 amide bonds. The lowest BCUT2D eigenvalue weighted by Crippen LogP contribution is -2.29. The van der Waals surface area contributed by atoms with E-state index in [2.05, 4.69) is 21.0 Å². The van der Waals surface area contributed by atoms with E-state index >= 15 is 0 Å². The number of nitrogens with one attached hydrogen (secondary N) is 3. The van der Waals surface area contributed by atoms with Gasteiger partial charge in [-0.05, 0) is 56.4 Å². The van der Waals surface area contributed by atoms with Crippen LogP contribution < -0.4 is 21.7 Å². The van der Waals surface area contributed by atoms with Crippen LogP contribution in [0.2, 0.25) is 0 Å². The number of hydrogen-bond donors (Lipinski definition) is 4. The number of urea groups is 1. The van der Waals surface area contributed by atoms with Crippen molar-refractivity contribution >= 4 is 17.6 Å². The van der Waals surface area contributed by atoms with Crippen molar-refractivity contribution in [2.75, 3.05) is 11.9 Å².